The van der Waals surface area contributed by atoms with E-state index in [0.29, 0.717) is 11.8 Å². The molecule has 0 aromatic heterocycles. The van der Waals surface area contributed by atoms with E-state index in [-0.39, 0.29) is 12.4 Å². The van der Waals surface area contributed by atoms with Gasteiger partial charge in [0.1, 0.15) is 18.2 Å². The molecule has 0 unspecified atom stereocenters. The van der Waals surface area contributed by atoms with Crippen LogP contribution in [0, 0.1) is 5.82 Å². The maximum Gasteiger partial charge on any atom is 0.443 e. The summed E-state index contributed by atoms with van der Waals surface area (Å²) in [5.74, 6) is -0.974. The molecule has 0 aliphatic carbocycles. The number of nitrogens with zero attached hydrogens (tertiary/aromatic N) is 2. The number of para-hydroxylation sites is 1. The standard InChI is InChI=1S/C18H15F2N3O3/c19-14-8-6-13(7-9-14)12-25-17(22-11-15(20)10-21)23-18(24)26-16-4-2-1-3-5-16/h1-11H,12,21H2/b15-10-,22-11-,23-17+. The Kier molecular flexibility index (Phi) is 6.99. The minimum absolute atomic E-state index is 0.0664. The lowest BCUT2D eigenvalue weighted by atomic mass is 10.2. The van der Waals surface area contributed by atoms with Gasteiger partial charge in [0.2, 0.25) is 0 Å². The van der Waals surface area contributed by atoms with Gasteiger partial charge in [-0.3, -0.25) is 0 Å². The Bertz CT molecular complexity index is 819. The first-order valence-corrected chi connectivity index (χ1v) is 7.41. The van der Waals surface area contributed by atoms with Gasteiger partial charge in [-0.1, -0.05) is 30.3 Å². The van der Waals surface area contributed by atoms with Gasteiger partial charge in [-0.15, -0.1) is 4.99 Å². The smallest absolute Gasteiger partial charge is 0.443 e. The lowest BCUT2D eigenvalue weighted by molar-refractivity contribution is 0.209. The summed E-state index contributed by atoms with van der Waals surface area (Å²) < 4.78 is 36.3. The van der Waals surface area contributed by atoms with Crippen LogP contribution in [-0.2, 0) is 11.3 Å². The molecule has 0 spiro atoms. The minimum Gasteiger partial charge on any atom is -0.458 e. The Morgan fingerprint density at radius 2 is 1.81 bits per heavy atom. The number of rotatable bonds is 4. The largest absolute Gasteiger partial charge is 0.458 e. The molecule has 2 N–H and O–H groups in total. The Morgan fingerprint density at radius 3 is 2.46 bits per heavy atom. The van der Waals surface area contributed by atoms with Crippen LogP contribution in [0.5, 0.6) is 5.75 Å². The molecule has 1 amide bonds. The highest BCUT2D eigenvalue weighted by molar-refractivity contribution is 5.94. The molecule has 0 saturated carbocycles. The molecular formula is C18H15F2N3O3. The molecule has 8 heteroatoms. The quantitative estimate of drug-likeness (QED) is 0.665. The van der Waals surface area contributed by atoms with Crippen molar-refractivity contribution in [3.8, 4) is 5.75 Å². The molecule has 134 valence electrons. The summed E-state index contributed by atoms with van der Waals surface area (Å²) >= 11 is 0. The SMILES string of the molecule is N/C=C(F)/C=N\C(=N/C(=O)Oc1ccccc1)OCc1ccc(F)cc1. The van der Waals surface area contributed by atoms with E-state index >= 15 is 0 Å². The second-order valence-corrected chi connectivity index (χ2v) is 4.80. The Labute approximate surface area is 148 Å². The molecule has 6 nitrogen and oxygen atoms in total. The maximum atomic E-state index is 13.1. The third-order valence-electron chi connectivity index (χ3n) is 2.87. The molecule has 0 saturated heterocycles. The summed E-state index contributed by atoms with van der Waals surface area (Å²) in [5.41, 5.74) is 5.60. The van der Waals surface area contributed by atoms with Gasteiger partial charge in [0.25, 0.3) is 0 Å². The van der Waals surface area contributed by atoms with Gasteiger partial charge >= 0.3 is 12.1 Å². The first-order chi connectivity index (χ1) is 12.6. The molecule has 0 heterocycles. The number of ether oxygens (including phenoxy) is 2. The fourth-order valence-electron chi connectivity index (χ4n) is 1.68. The molecule has 0 fully saturated rings. The van der Waals surface area contributed by atoms with E-state index < -0.39 is 23.8 Å². The van der Waals surface area contributed by atoms with Gasteiger partial charge in [-0.05, 0) is 29.8 Å². The zero-order chi connectivity index (χ0) is 18.8. The Hall–Kier alpha value is -3.55. The van der Waals surface area contributed by atoms with Gasteiger partial charge in [-0.2, -0.15) is 0 Å². The minimum atomic E-state index is -1.00. The first-order valence-electron chi connectivity index (χ1n) is 7.41. The number of carbonyl (C=O) groups excluding carboxylic acids is 1. The zero-order valence-corrected chi connectivity index (χ0v) is 13.5. The summed E-state index contributed by atoms with van der Waals surface area (Å²) in [4.78, 5) is 19.0. The summed E-state index contributed by atoms with van der Waals surface area (Å²) in [6, 6.07) is 13.3. The van der Waals surface area contributed by atoms with Crippen molar-refractivity contribution in [2.24, 2.45) is 15.7 Å². The van der Waals surface area contributed by atoms with Crippen LogP contribution >= 0.6 is 0 Å². The van der Waals surface area contributed by atoms with Gasteiger partial charge in [0, 0.05) is 6.20 Å². The number of nitrogens with two attached hydrogens (primary N) is 1. The molecule has 0 atom stereocenters. The highest BCUT2D eigenvalue weighted by Crippen LogP contribution is 2.10. The van der Waals surface area contributed by atoms with Crippen LogP contribution in [-0.4, -0.2) is 18.3 Å². The molecule has 0 bridgehead atoms. The Morgan fingerprint density at radius 1 is 1.12 bits per heavy atom. The molecule has 0 aliphatic rings. The van der Waals surface area contributed by atoms with E-state index in [1.54, 1.807) is 30.3 Å². The van der Waals surface area contributed by atoms with E-state index in [9.17, 15) is 13.6 Å². The predicted octanol–water partition coefficient (Wildman–Crippen LogP) is 3.74. The van der Waals surface area contributed by atoms with Crippen molar-refractivity contribution in [1.29, 1.82) is 0 Å². The van der Waals surface area contributed by atoms with E-state index in [1.807, 2.05) is 0 Å². The molecule has 0 radical (unpaired) electrons. The summed E-state index contributed by atoms with van der Waals surface area (Å²) in [6.07, 6.45) is 0.419. The van der Waals surface area contributed by atoms with Crippen LogP contribution in [0.25, 0.3) is 0 Å². The topological polar surface area (TPSA) is 86.3 Å². The Balaban J connectivity index is 2.09. The highest BCUT2D eigenvalue weighted by Gasteiger charge is 2.08. The molecule has 26 heavy (non-hydrogen) atoms. The number of hydrogen-bond acceptors (Lipinski definition) is 4. The summed E-state index contributed by atoms with van der Waals surface area (Å²) in [5, 5.41) is 0. The van der Waals surface area contributed by atoms with E-state index in [0.717, 1.165) is 6.21 Å². The number of aliphatic imine (C=N–C) groups is 2. The van der Waals surface area contributed by atoms with Crippen molar-refractivity contribution < 1.29 is 23.0 Å². The molecule has 2 rings (SSSR count). The fraction of sp³-hybridized carbons (Fsp3) is 0.0556. The van der Waals surface area contributed by atoms with Crippen LogP contribution in [0.4, 0.5) is 13.6 Å². The van der Waals surface area contributed by atoms with Gasteiger partial charge in [0.05, 0.1) is 6.21 Å². The average molecular weight is 359 g/mol. The molecular weight excluding hydrogens is 344 g/mol. The number of benzene rings is 2. The number of hydrogen-bond donors (Lipinski definition) is 1. The van der Waals surface area contributed by atoms with Crippen molar-refractivity contribution >= 4 is 18.3 Å². The first kappa shape index (κ1) is 18.8. The van der Waals surface area contributed by atoms with Crippen molar-refractivity contribution in [3.63, 3.8) is 0 Å². The maximum absolute atomic E-state index is 13.1. The fourth-order valence-corrected chi connectivity index (χ4v) is 1.68. The molecule has 2 aromatic carbocycles. The average Bonchev–Trinajstić information content (AvgIpc) is 2.65. The molecule has 2 aromatic rings. The van der Waals surface area contributed by atoms with Crippen molar-refractivity contribution in [2.75, 3.05) is 0 Å². The molecule has 0 aliphatic heterocycles. The monoisotopic (exact) mass is 359 g/mol. The number of amidine groups is 1. The van der Waals surface area contributed by atoms with E-state index in [2.05, 4.69) is 9.98 Å². The number of amides is 1. The van der Waals surface area contributed by atoms with Crippen molar-refractivity contribution in [3.05, 3.63) is 78.0 Å². The third-order valence-corrected chi connectivity index (χ3v) is 2.87. The second kappa shape index (κ2) is 9.67. The zero-order valence-electron chi connectivity index (χ0n) is 13.5. The van der Waals surface area contributed by atoms with Crippen LogP contribution in [0.3, 0.4) is 0 Å². The van der Waals surface area contributed by atoms with Gasteiger partial charge < -0.3 is 15.2 Å². The number of allylic oxidation sites excluding steroid dienone is 1. The van der Waals surface area contributed by atoms with E-state index in [4.69, 9.17) is 15.2 Å². The normalized spacial score (nSPS) is 12.2. The highest BCUT2D eigenvalue weighted by atomic mass is 19.1. The number of halogens is 2. The number of carbonyl (C=O) groups is 1. The van der Waals surface area contributed by atoms with Crippen LogP contribution < -0.4 is 10.5 Å². The summed E-state index contributed by atoms with van der Waals surface area (Å²) in [6.45, 7) is -0.0664. The summed E-state index contributed by atoms with van der Waals surface area (Å²) in [7, 11) is 0. The van der Waals surface area contributed by atoms with Crippen LogP contribution in [0.15, 0.2) is 76.6 Å². The second-order valence-electron chi connectivity index (χ2n) is 4.80. The lowest BCUT2D eigenvalue weighted by Gasteiger charge is -2.05. The van der Waals surface area contributed by atoms with Gasteiger partial charge in [0.15, 0.2) is 5.83 Å². The van der Waals surface area contributed by atoms with Gasteiger partial charge in [-0.25, -0.2) is 18.6 Å². The van der Waals surface area contributed by atoms with Crippen LogP contribution in [0.1, 0.15) is 5.56 Å². The predicted molar refractivity (Wildman–Crippen MR) is 93.0 cm³/mol. The van der Waals surface area contributed by atoms with Crippen molar-refractivity contribution in [1.82, 2.24) is 0 Å². The third kappa shape index (κ3) is 6.52. The van der Waals surface area contributed by atoms with E-state index in [1.165, 1.54) is 24.3 Å². The lowest BCUT2D eigenvalue weighted by Crippen LogP contribution is -2.10. The van der Waals surface area contributed by atoms with Crippen molar-refractivity contribution in [2.45, 2.75) is 6.61 Å². The van der Waals surface area contributed by atoms with Crippen LogP contribution in [0.2, 0.25) is 0 Å².